The van der Waals surface area contributed by atoms with E-state index in [9.17, 15) is 4.79 Å². The molecule has 0 aromatic heterocycles. The molecular formula is C6H11O2. The summed E-state index contributed by atoms with van der Waals surface area (Å²) in [5, 5.41) is 8.88. The third-order valence-electron chi connectivity index (χ3n) is 0.801. The van der Waals surface area contributed by atoms with Crippen LogP contribution in [0.15, 0.2) is 0 Å². The summed E-state index contributed by atoms with van der Waals surface area (Å²) >= 11 is 0. The first-order valence-corrected chi connectivity index (χ1v) is 2.57. The summed E-state index contributed by atoms with van der Waals surface area (Å²) < 4.78 is 0. The van der Waals surface area contributed by atoms with Crippen molar-refractivity contribution in [1.29, 1.82) is 0 Å². The lowest BCUT2D eigenvalue weighted by Gasteiger charge is -2.13. The van der Waals surface area contributed by atoms with Crippen molar-refractivity contribution < 1.29 is 9.90 Å². The fourth-order valence-corrected chi connectivity index (χ4v) is 0.370. The molecule has 0 aromatic rings. The molecule has 2 nitrogen and oxygen atoms in total. The van der Waals surface area contributed by atoms with E-state index >= 15 is 0 Å². The molecule has 1 N–H and O–H groups in total. The van der Waals surface area contributed by atoms with Gasteiger partial charge in [-0.3, -0.25) is 0 Å². The van der Waals surface area contributed by atoms with Gasteiger partial charge < -0.3 is 9.90 Å². The zero-order valence-electron chi connectivity index (χ0n) is 5.05. The molecular weight excluding hydrogens is 104 g/mol. The number of aldehydes is 1. The van der Waals surface area contributed by atoms with Crippen molar-refractivity contribution in [2.45, 2.75) is 25.4 Å². The highest BCUT2D eigenvalue weighted by molar-refractivity contribution is 5.49. The topological polar surface area (TPSA) is 37.3 Å². The first-order chi connectivity index (χ1) is 3.56. The Morgan fingerprint density at radius 3 is 2.50 bits per heavy atom. The first-order valence-electron chi connectivity index (χ1n) is 2.57. The molecule has 0 spiro atoms. The Morgan fingerprint density at radius 2 is 2.38 bits per heavy atom. The quantitative estimate of drug-likeness (QED) is 0.545. The summed E-state index contributed by atoms with van der Waals surface area (Å²) in [6.45, 7) is 4.98. The van der Waals surface area contributed by atoms with Gasteiger partial charge in [-0.1, -0.05) is 0 Å². The number of hydrogen-bond donors (Lipinski definition) is 1. The van der Waals surface area contributed by atoms with Crippen LogP contribution in [0.1, 0.15) is 19.8 Å². The second-order valence-electron chi connectivity index (χ2n) is 2.20. The van der Waals surface area contributed by atoms with E-state index in [4.69, 9.17) is 5.11 Å². The highest BCUT2D eigenvalue weighted by Gasteiger charge is 2.10. The van der Waals surface area contributed by atoms with Gasteiger partial charge in [-0.15, -0.1) is 0 Å². The average Bonchev–Trinajstić information content (AvgIpc) is 1.59. The summed E-state index contributed by atoms with van der Waals surface area (Å²) in [4.78, 5) is 9.71. The zero-order valence-corrected chi connectivity index (χ0v) is 5.05. The van der Waals surface area contributed by atoms with Crippen molar-refractivity contribution in [2.24, 2.45) is 0 Å². The molecule has 1 radical (unpaired) electrons. The van der Waals surface area contributed by atoms with Crippen molar-refractivity contribution in [1.82, 2.24) is 0 Å². The maximum absolute atomic E-state index is 9.71. The number of aliphatic hydroxyl groups is 1. The van der Waals surface area contributed by atoms with Crippen LogP contribution >= 0.6 is 0 Å². The van der Waals surface area contributed by atoms with Crippen LogP contribution in [0, 0.1) is 6.92 Å². The summed E-state index contributed by atoms with van der Waals surface area (Å²) in [7, 11) is 0. The number of carbonyl (C=O) groups is 1. The van der Waals surface area contributed by atoms with E-state index in [2.05, 4.69) is 6.92 Å². The van der Waals surface area contributed by atoms with Gasteiger partial charge in [0.25, 0.3) is 0 Å². The van der Waals surface area contributed by atoms with E-state index in [0.29, 0.717) is 12.8 Å². The minimum Gasteiger partial charge on any atom is -0.390 e. The molecule has 0 aliphatic carbocycles. The van der Waals surface area contributed by atoms with E-state index in [0.717, 1.165) is 6.29 Å². The van der Waals surface area contributed by atoms with Gasteiger partial charge in [0, 0.05) is 6.42 Å². The summed E-state index contributed by atoms with van der Waals surface area (Å²) in [6.07, 6.45) is 1.60. The molecule has 8 heavy (non-hydrogen) atoms. The standard InChI is InChI=1S/C6H11O2/c1-6(2,8)4-3-5-7/h5,8H,1,3-4H2,2H3. The molecule has 0 amide bonds. The molecule has 0 aliphatic rings. The minimum absolute atomic E-state index is 0.385. The van der Waals surface area contributed by atoms with Gasteiger partial charge in [-0.2, -0.15) is 0 Å². The van der Waals surface area contributed by atoms with Crippen LogP contribution in [-0.4, -0.2) is 17.0 Å². The Bertz CT molecular complexity index is 71.1. The molecule has 2 heteroatoms. The van der Waals surface area contributed by atoms with E-state index in [1.807, 2.05) is 0 Å². The van der Waals surface area contributed by atoms with Gasteiger partial charge in [0.15, 0.2) is 0 Å². The Kier molecular flexibility index (Phi) is 2.69. The van der Waals surface area contributed by atoms with Crippen molar-refractivity contribution in [2.75, 3.05) is 0 Å². The third kappa shape index (κ3) is 5.63. The monoisotopic (exact) mass is 115 g/mol. The van der Waals surface area contributed by atoms with Crippen LogP contribution in [0.4, 0.5) is 0 Å². The molecule has 1 unspecified atom stereocenters. The first kappa shape index (κ1) is 7.63. The van der Waals surface area contributed by atoms with E-state index < -0.39 is 5.60 Å². The number of carbonyl (C=O) groups excluding carboxylic acids is 1. The van der Waals surface area contributed by atoms with Crippen LogP contribution in [0.2, 0.25) is 0 Å². The van der Waals surface area contributed by atoms with E-state index in [1.165, 1.54) is 0 Å². The predicted molar refractivity (Wildman–Crippen MR) is 31.3 cm³/mol. The Labute approximate surface area is 49.5 Å². The van der Waals surface area contributed by atoms with Crippen molar-refractivity contribution in [3.05, 3.63) is 6.92 Å². The van der Waals surface area contributed by atoms with Crippen LogP contribution in [0.5, 0.6) is 0 Å². The fraction of sp³-hybridized carbons (Fsp3) is 0.667. The van der Waals surface area contributed by atoms with Gasteiger partial charge in [0.2, 0.25) is 0 Å². The van der Waals surface area contributed by atoms with E-state index in [-0.39, 0.29) is 0 Å². The Balaban J connectivity index is 3.24. The lowest BCUT2D eigenvalue weighted by Crippen LogP contribution is -2.18. The molecule has 47 valence electrons. The minimum atomic E-state index is -0.930. The van der Waals surface area contributed by atoms with Crippen molar-refractivity contribution in [3.8, 4) is 0 Å². The number of hydrogen-bond acceptors (Lipinski definition) is 2. The Morgan fingerprint density at radius 1 is 1.88 bits per heavy atom. The van der Waals surface area contributed by atoms with Gasteiger partial charge in [0.1, 0.15) is 6.29 Å². The molecule has 0 fully saturated rings. The summed E-state index contributed by atoms with van der Waals surface area (Å²) in [5.41, 5.74) is -0.930. The second-order valence-corrected chi connectivity index (χ2v) is 2.20. The van der Waals surface area contributed by atoms with Gasteiger partial charge in [-0.05, 0) is 20.3 Å². The normalized spacial score (nSPS) is 11.4. The summed E-state index contributed by atoms with van der Waals surface area (Å²) in [5.74, 6) is 0. The molecule has 1 atom stereocenters. The molecule has 0 heterocycles. The van der Waals surface area contributed by atoms with E-state index in [1.54, 1.807) is 6.92 Å². The highest BCUT2D eigenvalue weighted by Crippen LogP contribution is 2.07. The summed E-state index contributed by atoms with van der Waals surface area (Å²) in [6, 6.07) is 0. The van der Waals surface area contributed by atoms with Gasteiger partial charge >= 0.3 is 0 Å². The van der Waals surface area contributed by atoms with Crippen LogP contribution in [0.3, 0.4) is 0 Å². The highest BCUT2D eigenvalue weighted by atomic mass is 16.3. The van der Waals surface area contributed by atoms with Gasteiger partial charge in [0.05, 0.1) is 5.60 Å². The SMILES string of the molecule is [CH2]C(C)(O)CCC=O. The molecule has 0 aromatic carbocycles. The van der Waals surface area contributed by atoms with Crippen LogP contribution in [-0.2, 0) is 4.79 Å². The molecule has 0 saturated carbocycles. The molecule has 0 bridgehead atoms. The maximum Gasteiger partial charge on any atom is 0.120 e. The van der Waals surface area contributed by atoms with Gasteiger partial charge in [-0.25, -0.2) is 0 Å². The molecule has 0 saturated heterocycles. The van der Waals surface area contributed by atoms with Crippen molar-refractivity contribution >= 4 is 6.29 Å². The number of rotatable bonds is 3. The smallest absolute Gasteiger partial charge is 0.120 e. The molecule has 0 aliphatic heterocycles. The second kappa shape index (κ2) is 2.82. The lowest BCUT2D eigenvalue weighted by atomic mass is 10.0. The van der Waals surface area contributed by atoms with Crippen LogP contribution < -0.4 is 0 Å². The molecule has 0 rings (SSSR count). The fourth-order valence-electron chi connectivity index (χ4n) is 0.370. The van der Waals surface area contributed by atoms with Crippen molar-refractivity contribution in [3.63, 3.8) is 0 Å². The Hall–Kier alpha value is -0.370. The van der Waals surface area contributed by atoms with Crippen LogP contribution in [0.25, 0.3) is 0 Å². The maximum atomic E-state index is 9.71. The zero-order chi connectivity index (χ0) is 6.62. The lowest BCUT2D eigenvalue weighted by molar-refractivity contribution is -0.108. The predicted octanol–water partition coefficient (Wildman–Crippen LogP) is 0.551. The third-order valence-corrected chi connectivity index (χ3v) is 0.801. The largest absolute Gasteiger partial charge is 0.390 e. The average molecular weight is 115 g/mol.